The van der Waals surface area contributed by atoms with Crippen molar-refractivity contribution in [1.29, 1.82) is 0 Å². The van der Waals surface area contributed by atoms with Crippen molar-refractivity contribution in [2.24, 2.45) is 11.3 Å². The van der Waals surface area contributed by atoms with Gasteiger partial charge in [-0.3, -0.25) is 9.69 Å². The van der Waals surface area contributed by atoms with Crippen LogP contribution in [0.2, 0.25) is 0 Å². The fraction of sp³-hybridized carbons (Fsp3) is 0.417. The van der Waals surface area contributed by atoms with E-state index in [1.54, 1.807) is 0 Å². The number of nitrogens with zero attached hydrogens (tertiary/aromatic N) is 1. The first-order chi connectivity index (χ1) is 8.71. The van der Waals surface area contributed by atoms with Crippen LogP contribution in [-0.2, 0) is 14.3 Å². The van der Waals surface area contributed by atoms with Crippen LogP contribution in [0.4, 0.5) is 4.79 Å². The summed E-state index contributed by atoms with van der Waals surface area (Å²) in [4.78, 5) is 34.7. The second kappa shape index (κ2) is 5.13. The lowest BCUT2D eigenvalue weighted by Crippen LogP contribution is -2.38. The summed E-state index contributed by atoms with van der Waals surface area (Å²) >= 11 is 0. The van der Waals surface area contributed by atoms with E-state index in [2.05, 4.69) is 4.74 Å². The molecule has 0 aliphatic carbocycles. The molecular formula is C12H15NO6. The normalized spacial score (nSPS) is 18.8. The van der Waals surface area contributed by atoms with Gasteiger partial charge in [0, 0.05) is 18.3 Å². The van der Waals surface area contributed by atoms with Crippen LogP contribution in [0.1, 0.15) is 13.8 Å². The average molecular weight is 269 g/mol. The molecule has 7 heteroatoms. The maximum Gasteiger partial charge on any atom is 0.417 e. The number of aliphatic carboxylic acids is 2. The summed E-state index contributed by atoms with van der Waals surface area (Å²) in [6.45, 7) is 2.85. The Morgan fingerprint density at radius 1 is 1.32 bits per heavy atom. The highest BCUT2D eigenvalue weighted by molar-refractivity contribution is 5.91. The molecule has 104 valence electrons. The Labute approximate surface area is 109 Å². The number of carboxylic acid groups (broad SMARTS) is 2. The predicted octanol–water partition coefficient (Wildman–Crippen LogP) is 1.28. The molecule has 1 atom stereocenters. The third-order valence-corrected chi connectivity index (χ3v) is 3.01. The van der Waals surface area contributed by atoms with Gasteiger partial charge in [0.25, 0.3) is 0 Å². The van der Waals surface area contributed by atoms with Gasteiger partial charge in [0.1, 0.15) is 0 Å². The first-order valence-corrected chi connectivity index (χ1v) is 5.44. The van der Waals surface area contributed by atoms with Crippen LogP contribution < -0.4 is 0 Å². The zero-order valence-electron chi connectivity index (χ0n) is 10.8. The van der Waals surface area contributed by atoms with Crippen molar-refractivity contribution < 1.29 is 29.3 Å². The first kappa shape index (κ1) is 14.7. The Morgan fingerprint density at radius 3 is 2.32 bits per heavy atom. The number of ether oxygens (including phenoxy) is 1. The zero-order chi connectivity index (χ0) is 14.8. The molecule has 2 N–H and O–H groups in total. The van der Waals surface area contributed by atoms with Crippen LogP contribution in [0.5, 0.6) is 0 Å². The predicted molar refractivity (Wildman–Crippen MR) is 64.0 cm³/mol. The number of rotatable bonds is 3. The van der Waals surface area contributed by atoms with Crippen molar-refractivity contribution in [3.8, 4) is 0 Å². The standard InChI is InChI=1S/C12H15NO6/c1-12(2,10(16)17)8-4-5-13(11(18)19-3)6-7(8)9(14)15/h4-6,8H,1-3H3,(H,14,15)(H,16,17). The maximum absolute atomic E-state index is 11.3. The molecule has 1 aliphatic rings. The molecule has 1 rings (SSSR count). The van der Waals surface area contributed by atoms with Gasteiger partial charge in [-0.1, -0.05) is 6.08 Å². The van der Waals surface area contributed by atoms with Crippen molar-refractivity contribution in [2.75, 3.05) is 7.11 Å². The second-order valence-electron chi connectivity index (χ2n) is 4.61. The lowest BCUT2D eigenvalue weighted by molar-refractivity contribution is -0.148. The van der Waals surface area contributed by atoms with E-state index >= 15 is 0 Å². The smallest absolute Gasteiger partial charge is 0.417 e. The Bertz CT molecular complexity index is 477. The third kappa shape index (κ3) is 2.75. The van der Waals surface area contributed by atoms with E-state index in [0.717, 1.165) is 18.2 Å². The number of allylic oxidation sites excluding steroid dienone is 1. The van der Waals surface area contributed by atoms with Gasteiger partial charge in [-0.05, 0) is 13.8 Å². The van der Waals surface area contributed by atoms with E-state index in [0.29, 0.717) is 0 Å². The summed E-state index contributed by atoms with van der Waals surface area (Å²) in [5.74, 6) is -3.25. The molecule has 0 bridgehead atoms. The van der Waals surface area contributed by atoms with Crippen LogP contribution in [-0.4, -0.2) is 40.3 Å². The molecule has 0 aromatic heterocycles. The van der Waals surface area contributed by atoms with Gasteiger partial charge in [-0.25, -0.2) is 9.59 Å². The number of methoxy groups -OCH3 is 1. The highest BCUT2D eigenvalue weighted by atomic mass is 16.5. The second-order valence-corrected chi connectivity index (χ2v) is 4.61. The zero-order valence-corrected chi connectivity index (χ0v) is 10.8. The molecule has 7 nitrogen and oxygen atoms in total. The number of hydrogen-bond acceptors (Lipinski definition) is 4. The van der Waals surface area contributed by atoms with Crippen molar-refractivity contribution in [1.82, 2.24) is 4.90 Å². The van der Waals surface area contributed by atoms with Crippen molar-refractivity contribution >= 4 is 18.0 Å². The number of amides is 1. The van der Waals surface area contributed by atoms with Gasteiger partial charge in [-0.15, -0.1) is 0 Å². The maximum atomic E-state index is 11.3. The molecule has 0 aromatic rings. The summed E-state index contributed by atoms with van der Waals surface area (Å²) in [5, 5.41) is 18.3. The summed E-state index contributed by atoms with van der Waals surface area (Å²) in [5.41, 5.74) is -1.48. The van der Waals surface area contributed by atoms with Gasteiger partial charge in [-0.2, -0.15) is 0 Å². The Balaban J connectivity index is 3.18. The molecule has 1 aliphatic heterocycles. The summed E-state index contributed by atoms with van der Waals surface area (Å²) < 4.78 is 4.47. The lowest BCUT2D eigenvalue weighted by Gasteiger charge is -2.32. The van der Waals surface area contributed by atoms with E-state index in [-0.39, 0.29) is 5.57 Å². The molecule has 1 unspecified atom stereocenters. The van der Waals surface area contributed by atoms with Crippen LogP contribution in [0.15, 0.2) is 24.0 Å². The molecule has 0 spiro atoms. The molecule has 1 heterocycles. The number of carbonyl (C=O) groups excluding carboxylic acids is 1. The molecule has 0 aromatic carbocycles. The minimum absolute atomic E-state index is 0.180. The van der Waals surface area contributed by atoms with Crippen LogP contribution in [0.25, 0.3) is 0 Å². The number of carbonyl (C=O) groups is 3. The topological polar surface area (TPSA) is 104 Å². The summed E-state index contributed by atoms with van der Waals surface area (Å²) in [6.07, 6.45) is 2.99. The minimum Gasteiger partial charge on any atom is -0.481 e. The van der Waals surface area contributed by atoms with Gasteiger partial charge >= 0.3 is 18.0 Å². The van der Waals surface area contributed by atoms with Gasteiger partial charge in [0.2, 0.25) is 0 Å². The fourth-order valence-corrected chi connectivity index (χ4v) is 1.73. The van der Waals surface area contributed by atoms with Crippen molar-refractivity contribution in [2.45, 2.75) is 13.8 Å². The molecule has 0 fully saturated rings. The quantitative estimate of drug-likeness (QED) is 0.799. The monoisotopic (exact) mass is 269 g/mol. The van der Waals surface area contributed by atoms with Crippen LogP contribution in [0, 0.1) is 11.3 Å². The largest absolute Gasteiger partial charge is 0.481 e. The molecule has 19 heavy (non-hydrogen) atoms. The molecule has 0 radical (unpaired) electrons. The van der Waals surface area contributed by atoms with Crippen molar-refractivity contribution in [3.63, 3.8) is 0 Å². The third-order valence-electron chi connectivity index (χ3n) is 3.01. The Kier molecular flexibility index (Phi) is 3.98. The highest BCUT2D eigenvalue weighted by Crippen LogP contribution is 2.36. The van der Waals surface area contributed by atoms with Gasteiger partial charge in [0.05, 0.1) is 18.1 Å². The van der Waals surface area contributed by atoms with E-state index < -0.39 is 29.4 Å². The average Bonchev–Trinajstić information content (AvgIpc) is 2.36. The van der Waals surface area contributed by atoms with Gasteiger partial charge < -0.3 is 14.9 Å². The molecule has 0 saturated heterocycles. The SMILES string of the molecule is COC(=O)N1C=CC(C(C)(C)C(=O)O)C(C(=O)O)=C1. The summed E-state index contributed by atoms with van der Waals surface area (Å²) in [6, 6.07) is 0. The molecule has 0 saturated carbocycles. The number of carboxylic acids is 2. The Hall–Kier alpha value is -2.31. The van der Waals surface area contributed by atoms with Crippen molar-refractivity contribution in [3.05, 3.63) is 24.0 Å². The lowest BCUT2D eigenvalue weighted by atomic mass is 9.74. The van der Waals surface area contributed by atoms with E-state index in [1.807, 2.05) is 0 Å². The van der Waals surface area contributed by atoms with E-state index in [4.69, 9.17) is 10.2 Å². The minimum atomic E-state index is -1.30. The van der Waals surface area contributed by atoms with E-state index in [9.17, 15) is 14.4 Å². The highest BCUT2D eigenvalue weighted by Gasteiger charge is 2.41. The van der Waals surface area contributed by atoms with E-state index in [1.165, 1.54) is 26.1 Å². The fourth-order valence-electron chi connectivity index (χ4n) is 1.73. The molecule has 1 amide bonds. The molecular weight excluding hydrogens is 254 g/mol. The van der Waals surface area contributed by atoms with Crippen LogP contribution in [0.3, 0.4) is 0 Å². The Morgan fingerprint density at radius 2 is 1.89 bits per heavy atom. The summed E-state index contributed by atoms with van der Waals surface area (Å²) in [7, 11) is 1.16. The van der Waals surface area contributed by atoms with Gasteiger partial charge in [0.15, 0.2) is 0 Å². The first-order valence-electron chi connectivity index (χ1n) is 5.44. The van der Waals surface area contributed by atoms with Crippen LogP contribution >= 0.6 is 0 Å². The number of hydrogen-bond donors (Lipinski definition) is 2.